The lowest BCUT2D eigenvalue weighted by Crippen LogP contribution is -2.59. The summed E-state index contributed by atoms with van der Waals surface area (Å²) < 4.78 is 5.71. The number of aliphatic carboxylic acids is 1. The Balaban J connectivity index is 1.29. The molecule has 0 bridgehead atoms. The van der Waals surface area contributed by atoms with Crippen LogP contribution in [0.3, 0.4) is 0 Å². The molecule has 0 spiro atoms. The van der Waals surface area contributed by atoms with Crippen LogP contribution in [0.5, 0.6) is 0 Å². The van der Waals surface area contributed by atoms with E-state index in [1.807, 2.05) is 31.2 Å². The van der Waals surface area contributed by atoms with Crippen LogP contribution in [0.4, 0.5) is 4.79 Å². The van der Waals surface area contributed by atoms with Crippen LogP contribution in [-0.4, -0.2) is 53.2 Å². The van der Waals surface area contributed by atoms with Crippen LogP contribution in [0.1, 0.15) is 50.7 Å². The fourth-order valence-electron chi connectivity index (χ4n) is 5.75. The van der Waals surface area contributed by atoms with E-state index >= 15 is 0 Å². The minimum atomic E-state index is -1.12. The van der Waals surface area contributed by atoms with Crippen molar-refractivity contribution < 1.29 is 24.2 Å². The zero-order valence-corrected chi connectivity index (χ0v) is 20.4. The number of nitrogens with one attached hydrogen (secondary N) is 1. The Morgan fingerprint density at radius 1 is 1.09 bits per heavy atom. The third kappa shape index (κ3) is 3.87. The molecule has 3 unspecified atom stereocenters. The molecule has 7 heteroatoms. The number of carbonyl (C=O) groups excluding carboxylic acids is 2. The van der Waals surface area contributed by atoms with Gasteiger partial charge < -0.3 is 20.1 Å². The van der Waals surface area contributed by atoms with E-state index in [4.69, 9.17) is 4.74 Å². The maximum atomic E-state index is 13.6. The summed E-state index contributed by atoms with van der Waals surface area (Å²) in [7, 11) is 0. The zero-order chi connectivity index (χ0) is 25.0. The van der Waals surface area contributed by atoms with Gasteiger partial charge in [-0.2, -0.15) is 0 Å². The second-order valence-corrected chi connectivity index (χ2v) is 10.7. The summed E-state index contributed by atoms with van der Waals surface area (Å²) in [6.45, 7) is 5.95. The van der Waals surface area contributed by atoms with E-state index in [2.05, 4.69) is 29.6 Å². The lowest BCUT2D eigenvalue weighted by Gasteiger charge is -2.34. The summed E-state index contributed by atoms with van der Waals surface area (Å²) in [6.07, 6.45) is 1.06. The van der Waals surface area contributed by atoms with Crippen molar-refractivity contribution >= 4 is 18.0 Å². The highest BCUT2D eigenvalue weighted by Gasteiger charge is 2.55. The number of nitrogens with zero attached hydrogens (tertiary/aromatic N) is 1. The Labute approximate surface area is 205 Å². The number of fused-ring (bicyclic) bond motifs is 3. The summed E-state index contributed by atoms with van der Waals surface area (Å²) in [4.78, 5) is 40.0. The number of carboxylic acid groups (broad SMARTS) is 1. The van der Waals surface area contributed by atoms with Gasteiger partial charge in [-0.3, -0.25) is 9.59 Å². The first-order valence-corrected chi connectivity index (χ1v) is 12.3. The summed E-state index contributed by atoms with van der Waals surface area (Å²) in [6, 6.07) is 16.3. The average Bonchev–Trinajstić information content (AvgIpc) is 3.59. The standard InChI is InChI=1S/C28H32N2O5/c1-17-14-30(16-27(17,2)25(32)33)24(31)28(3,18-12-13-18)29-26(34)35-15-23-21-10-6-4-8-19(21)20-9-5-7-11-22(20)23/h4-11,17-18,23H,12-16H2,1-3H3,(H,29,34)(H,32,33). The molecule has 35 heavy (non-hydrogen) atoms. The number of benzene rings is 2. The van der Waals surface area contributed by atoms with Gasteiger partial charge in [-0.15, -0.1) is 0 Å². The first-order valence-electron chi connectivity index (χ1n) is 12.3. The Bertz CT molecular complexity index is 1150. The van der Waals surface area contributed by atoms with Gasteiger partial charge in [0.15, 0.2) is 0 Å². The molecule has 2 amide bonds. The summed E-state index contributed by atoms with van der Waals surface area (Å²) in [5.74, 6) is -1.36. The van der Waals surface area contributed by atoms with Crippen LogP contribution in [0.2, 0.25) is 0 Å². The molecule has 2 aromatic carbocycles. The number of likely N-dealkylation sites (tertiary alicyclic amines) is 1. The molecular weight excluding hydrogens is 444 g/mol. The first-order chi connectivity index (χ1) is 16.6. The second-order valence-electron chi connectivity index (χ2n) is 10.7. The Kier molecular flexibility index (Phi) is 5.61. The van der Waals surface area contributed by atoms with Gasteiger partial charge in [0.05, 0.1) is 5.41 Å². The highest BCUT2D eigenvalue weighted by atomic mass is 16.5. The number of alkyl carbamates (subject to hydrolysis) is 1. The van der Waals surface area contributed by atoms with E-state index in [0.717, 1.165) is 35.1 Å². The monoisotopic (exact) mass is 476 g/mol. The van der Waals surface area contributed by atoms with Crippen LogP contribution in [-0.2, 0) is 14.3 Å². The quantitative estimate of drug-likeness (QED) is 0.649. The van der Waals surface area contributed by atoms with Gasteiger partial charge >= 0.3 is 12.1 Å². The van der Waals surface area contributed by atoms with Crippen LogP contribution >= 0.6 is 0 Å². The van der Waals surface area contributed by atoms with Crippen molar-refractivity contribution in [1.29, 1.82) is 0 Å². The van der Waals surface area contributed by atoms with Crippen LogP contribution in [0.15, 0.2) is 48.5 Å². The minimum absolute atomic E-state index is 0.0162. The van der Waals surface area contributed by atoms with E-state index in [9.17, 15) is 19.5 Å². The minimum Gasteiger partial charge on any atom is -0.481 e. The molecule has 0 radical (unpaired) electrons. The predicted molar refractivity (Wildman–Crippen MR) is 131 cm³/mol. The number of carbonyl (C=O) groups is 3. The molecule has 2 aliphatic carbocycles. The molecule has 1 heterocycles. The van der Waals surface area contributed by atoms with Gasteiger partial charge in [-0.25, -0.2) is 4.79 Å². The van der Waals surface area contributed by atoms with E-state index in [0.29, 0.717) is 6.54 Å². The molecule has 1 saturated heterocycles. The SMILES string of the molecule is CC1CN(C(=O)C(C)(NC(=O)OCC2c3ccccc3-c3ccccc32)C2CC2)CC1(C)C(=O)O. The summed E-state index contributed by atoms with van der Waals surface area (Å²) in [5, 5.41) is 12.6. The predicted octanol–water partition coefficient (Wildman–Crippen LogP) is 4.26. The Morgan fingerprint density at radius 2 is 1.66 bits per heavy atom. The highest BCUT2D eigenvalue weighted by molar-refractivity contribution is 5.91. The number of ether oxygens (including phenoxy) is 1. The Morgan fingerprint density at radius 3 is 2.17 bits per heavy atom. The number of hydrogen-bond donors (Lipinski definition) is 2. The van der Waals surface area contributed by atoms with E-state index in [1.165, 1.54) is 0 Å². The second kappa shape index (κ2) is 8.40. The van der Waals surface area contributed by atoms with Crippen molar-refractivity contribution in [3.63, 3.8) is 0 Å². The average molecular weight is 477 g/mol. The molecule has 3 aliphatic rings. The number of rotatable bonds is 6. The summed E-state index contributed by atoms with van der Waals surface area (Å²) in [5.41, 5.74) is 2.44. The molecule has 0 aromatic heterocycles. The largest absolute Gasteiger partial charge is 0.481 e. The van der Waals surface area contributed by atoms with Gasteiger partial charge in [0, 0.05) is 19.0 Å². The molecule has 1 saturated carbocycles. The maximum Gasteiger partial charge on any atom is 0.408 e. The number of amides is 2. The third-order valence-electron chi connectivity index (χ3n) is 8.42. The lowest BCUT2D eigenvalue weighted by molar-refractivity contribution is -0.149. The van der Waals surface area contributed by atoms with Gasteiger partial charge in [0.25, 0.3) is 0 Å². The van der Waals surface area contributed by atoms with Gasteiger partial charge in [0.2, 0.25) is 5.91 Å². The molecular formula is C28H32N2O5. The Hall–Kier alpha value is -3.35. The first kappa shape index (κ1) is 23.4. The third-order valence-corrected chi connectivity index (χ3v) is 8.42. The van der Waals surface area contributed by atoms with Crippen molar-refractivity contribution in [2.45, 2.75) is 45.1 Å². The molecule has 2 fully saturated rings. The molecule has 2 aromatic rings. The summed E-state index contributed by atoms with van der Waals surface area (Å²) >= 11 is 0. The van der Waals surface area contributed by atoms with E-state index in [-0.39, 0.29) is 36.8 Å². The maximum absolute atomic E-state index is 13.6. The number of carboxylic acids is 1. The van der Waals surface area contributed by atoms with Crippen molar-refractivity contribution in [3.05, 3.63) is 59.7 Å². The normalized spacial score (nSPS) is 24.9. The molecule has 5 rings (SSSR count). The molecule has 2 N–H and O–H groups in total. The molecule has 7 nitrogen and oxygen atoms in total. The van der Waals surface area contributed by atoms with Crippen molar-refractivity contribution in [2.75, 3.05) is 19.7 Å². The van der Waals surface area contributed by atoms with Gasteiger partial charge in [-0.05, 0) is 60.8 Å². The molecule has 1 aliphatic heterocycles. The smallest absolute Gasteiger partial charge is 0.408 e. The molecule has 184 valence electrons. The fourth-order valence-corrected chi connectivity index (χ4v) is 5.75. The van der Waals surface area contributed by atoms with Crippen LogP contribution in [0.25, 0.3) is 11.1 Å². The zero-order valence-electron chi connectivity index (χ0n) is 20.4. The van der Waals surface area contributed by atoms with Crippen molar-refractivity contribution in [3.8, 4) is 11.1 Å². The highest BCUT2D eigenvalue weighted by Crippen LogP contribution is 2.45. The van der Waals surface area contributed by atoms with Crippen LogP contribution in [0, 0.1) is 17.3 Å². The van der Waals surface area contributed by atoms with Crippen molar-refractivity contribution in [1.82, 2.24) is 10.2 Å². The fraction of sp³-hybridized carbons (Fsp3) is 0.464. The van der Waals surface area contributed by atoms with Gasteiger partial charge in [-0.1, -0.05) is 55.5 Å². The van der Waals surface area contributed by atoms with Gasteiger partial charge in [0.1, 0.15) is 12.1 Å². The molecule has 3 atom stereocenters. The van der Waals surface area contributed by atoms with E-state index in [1.54, 1.807) is 18.7 Å². The van der Waals surface area contributed by atoms with Crippen molar-refractivity contribution in [2.24, 2.45) is 17.3 Å². The van der Waals surface area contributed by atoms with Crippen LogP contribution < -0.4 is 5.32 Å². The van der Waals surface area contributed by atoms with E-state index < -0.39 is 23.0 Å². The topological polar surface area (TPSA) is 95.9 Å². The lowest BCUT2D eigenvalue weighted by atomic mass is 9.81. The number of hydrogen-bond acceptors (Lipinski definition) is 4.